The predicted molar refractivity (Wildman–Crippen MR) is 70.4 cm³/mol. The van der Waals surface area contributed by atoms with Crippen LogP contribution in [0.2, 0.25) is 0 Å². The van der Waals surface area contributed by atoms with Crippen molar-refractivity contribution in [2.75, 3.05) is 24.2 Å². The fraction of sp³-hybridized carbons (Fsp3) is 0.750. The van der Waals surface area contributed by atoms with Crippen LogP contribution in [0.5, 0.6) is 6.01 Å². The van der Waals surface area contributed by atoms with E-state index >= 15 is 0 Å². The molecule has 1 aliphatic carbocycles. The monoisotopic (exact) mass is 251 g/mol. The lowest BCUT2D eigenvalue weighted by molar-refractivity contribution is 0.312. The molecule has 0 saturated heterocycles. The molecule has 3 N–H and O–H groups in total. The van der Waals surface area contributed by atoms with Crippen LogP contribution in [-0.4, -0.2) is 28.1 Å². The van der Waals surface area contributed by atoms with Crippen LogP contribution in [0.4, 0.5) is 11.9 Å². The molecule has 6 heteroatoms. The second-order valence-corrected chi connectivity index (χ2v) is 4.78. The van der Waals surface area contributed by atoms with Crippen molar-refractivity contribution in [3.8, 4) is 6.01 Å². The van der Waals surface area contributed by atoms with Gasteiger partial charge in [-0.15, -0.1) is 0 Å². The molecule has 0 aromatic carbocycles. The molecule has 100 valence electrons. The van der Waals surface area contributed by atoms with Crippen LogP contribution in [0.25, 0.3) is 0 Å². The van der Waals surface area contributed by atoms with E-state index in [-0.39, 0.29) is 12.0 Å². The number of nitrogens with one attached hydrogen (secondary N) is 1. The maximum absolute atomic E-state index is 5.62. The number of aromatic nitrogens is 3. The van der Waals surface area contributed by atoms with Crippen LogP contribution in [0.15, 0.2) is 0 Å². The average Bonchev–Trinajstić information content (AvgIpc) is 2.72. The van der Waals surface area contributed by atoms with Crippen molar-refractivity contribution in [3.63, 3.8) is 0 Å². The Hall–Kier alpha value is -1.59. The van der Waals surface area contributed by atoms with E-state index in [1.807, 2.05) is 6.92 Å². The highest BCUT2D eigenvalue weighted by Gasteiger charge is 2.23. The van der Waals surface area contributed by atoms with Gasteiger partial charge in [0, 0.05) is 6.54 Å². The number of ether oxygens (including phenoxy) is 1. The third-order valence-corrected chi connectivity index (χ3v) is 3.47. The molecule has 1 fully saturated rings. The largest absolute Gasteiger partial charge is 0.464 e. The Labute approximate surface area is 107 Å². The molecule has 0 aliphatic heterocycles. The maximum Gasteiger partial charge on any atom is 0.323 e. The molecule has 2 rings (SSSR count). The first-order chi connectivity index (χ1) is 8.69. The fourth-order valence-corrected chi connectivity index (χ4v) is 2.39. The first-order valence-electron chi connectivity index (χ1n) is 6.57. The lowest BCUT2D eigenvalue weighted by Gasteiger charge is -2.15. The highest BCUT2D eigenvalue weighted by molar-refractivity contribution is 5.32. The van der Waals surface area contributed by atoms with E-state index < -0.39 is 0 Å². The van der Waals surface area contributed by atoms with Gasteiger partial charge in [0.2, 0.25) is 11.9 Å². The van der Waals surface area contributed by atoms with E-state index in [0.29, 0.717) is 18.5 Å². The lowest BCUT2D eigenvalue weighted by Crippen LogP contribution is -2.18. The van der Waals surface area contributed by atoms with Crippen LogP contribution in [0.1, 0.15) is 33.1 Å². The molecule has 0 amide bonds. The van der Waals surface area contributed by atoms with Crippen molar-refractivity contribution in [1.82, 2.24) is 15.0 Å². The van der Waals surface area contributed by atoms with Crippen molar-refractivity contribution in [1.29, 1.82) is 0 Å². The summed E-state index contributed by atoms with van der Waals surface area (Å²) in [6, 6.07) is 0.284. The topological polar surface area (TPSA) is 86.0 Å². The Balaban J connectivity index is 1.95. The molecule has 0 spiro atoms. The number of hydrogen-bond donors (Lipinski definition) is 2. The van der Waals surface area contributed by atoms with Gasteiger partial charge in [-0.1, -0.05) is 19.8 Å². The molecule has 0 radical (unpaired) electrons. The summed E-state index contributed by atoms with van der Waals surface area (Å²) < 4.78 is 5.24. The highest BCUT2D eigenvalue weighted by atomic mass is 16.5. The summed E-state index contributed by atoms with van der Waals surface area (Å²) in [4.78, 5) is 12.2. The molecule has 0 bridgehead atoms. The van der Waals surface area contributed by atoms with Crippen LogP contribution >= 0.6 is 0 Å². The molecule has 18 heavy (non-hydrogen) atoms. The second kappa shape index (κ2) is 5.84. The molecule has 1 heterocycles. The van der Waals surface area contributed by atoms with E-state index in [9.17, 15) is 0 Å². The van der Waals surface area contributed by atoms with Gasteiger partial charge < -0.3 is 15.8 Å². The normalized spacial score (nSPS) is 23.0. The Morgan fingerprint density at radius 3 is 2.83 bits per heavy atom. The highest BCUT2D eigenvalue weighted by Crippen LogP contribution is 2.31. The summed E-state index contributed by atoms with van der Waals surface area (Å²) >= 11 is 0. The predicted octanol–water partition coefficient (Wildman–Crippen LogP) is 1.70. The average molecular weight is 251 g/mol. The van der Waals surface area contributed by atoms with Crippen molar-refractivity contribution in [2.45, 2.75) is 33.1 Å². The van der Waals surface area contributed by atoms with Crippen molar-refractivity contribution in [3.05, 3.63) is 0 Å². The Morgan fingerprint density at radius 1 is 1.33 bits per heavy atom. The van der Waals surface area contributed by atoms with E-state index in [0.717, 1.165) is 12.5 Å². The van der Waals surface area contributed by atoms with Crippen LogP contribution < -0.4 is 15.8 Å². The van der Waals surface area contributed by atoms with Gasteiger partial charge in [-0.25, -0.2) is 0 Å². The van der Waals surface area contributed by atoms with Crippen molar-refractivity contribution < 1.29 is 4.74 Å². The van der Waals surface area contributed by atoms with Gasteiger partial charge in [0.25, 0.3) is 0 Å². The molecular weight excluding hydrogens is 230 g/mol. The number of nitrogen functional groups attached to an aromatic ring is 1. The van der Waals surface area contributed by atoms with Crippen molar-refractivity contribution in [2.24, 2.45) is 11.8 Å². The molecule has 6 nitrogen and oxygen atoms in total. The molecule has 1 aromatic heterocycles. The first kappa shape index (κ1) is 12.9. The van der Waals surface area contributed by atoms with E-state index in [1.165, 1.54) is 19.3 Å². The minimum atomic E-state index is 0.190. The number of nitrogens with two attached hydrogens (primary N) is 1. The third kappa shape index (κ3) is 3.21. The molecule has 1 aromatic rings. The van der Waals surface area contributed by atoms with Gasteiger partial charge in [-0.05, 0) is 25.2 Å². The molecule has 2 atom stereocenters. The third-order valence-electron chi connectivity index (χ3n) is 3.47. The molecular formula is C12H21N5O. The smallest absolute Gasteiger partial charge is 0.323 e. The zero-order chi connectivity index (χ0) is 13.0. The Kier molecular flexibility index (Phi) is 4.17. The maximum atomic E-state index is 5.62. The molecule has 1 saturated carbocycles. The van der Waals surface area contributed by atoms with Crippen molar-refractivity contribution >= 4 is 11.9 Å². The van der Waals surface area contributed by atoms with Crippen LogP contribution in [0.3, 0.4) is 0 Å². The summed E-state index contributed by atoms with van der Waals surface area (Å²) in [7, 11) is 0. The SMILES string of the molecule is CCOc1nc(N)nc(NCC2CCCC2C)n1. The van der Waals surface area contributed by atoms with Crippen LogP contribution in [-0.2, 0) is 0 Å². The zero-order valence-electron chi connectivity index (χ0n) is 11.0. The van der Waals surface area contributed by atoms with E-state index in [1.54, 1.807) is 0 Å². The lowest BCUT2D eigenvalue weighted by atomic mass is 9.98. The number of nitrogens with zero attached hydrogens (tertiary/aromatic N) is 3. The summed E-state index contributed by atoms with van der Waals surface area (Å²) in [5, 5.41) is 3.23. The quantitative estimate of drug-likeness (QED) is 0.828. The van der Waals surface area contributed by atoms with E-state index in [4.69, 9.17) is 10.5 Å². The second-order valence-electron chi connectivity index (χ2n) is 4.78. The van der Waals surface area contributed by atoms with Crippen LogP contribution in [0, 0.1) is 11.8 Å². The molecule has 1 aliphatic rings. The summed E-state index contributed by atoms with van der Waals surface area (Å²) in [5.41, 5.74) is 5.62. The fourth-order valence-electron chi connectivity index (χ4n) is 2.39. The Bertz CT molecular complexity index is 398. The zero-order valence-corrected chi connectivity index (χ0v) is 11.0. The first-order valence-corrected chi connectivity index (χ1v) is 6.57. The summed E-state index contributed by atoms with van der Waals surface area (Å²) in [5.74, 6) is 2.15. The Morgan fingerprint density at radius 2 is 2.17 bits per heavy atom. The standard InChI is InChI=1S/C12H21N5O/c1-3-18-12-16-10(13)15-11(17-12)14-7-9-6-4-5-8(9)2/h8-9H,3-7H2,1-2H3,(H3,13,14,15,16,17). The van der Waals surface area contributed by atoms with Gasteiger partial charge in [0.05, 0.1) is 6.61 Å². The van der Waals surface area contributed by atoms with Gasteiger partial charge in [0.1, 0.15) is 0 Å². The summed E-state index contributed by atoms with van der Waals surface area (Å²) in [6.07, 6.45) is 3.90. The number of hydrogen-bond acceptors (Lipinski definition) is 6. The number of anilines is 2. The van der Waals surface area contributed by atoms with Gasteiger partial charge in [-0.2, -0.15) is 15.0 Å². The summed E-state index contributed by atoms with van der Waals surface area (Å²) in [6.45, 7) is 5.58. The van der Waals surface area contributed by atoms with E-state index in [2.05, 4.69) is 27.2 Å². The van der Waals surface area contributed by atoms with Gasteiger partial charge >= 0.3 is 6.01 Å². The number of rotatable bonds is 5. The van der Waals surface area contributed by atoms with Gasteiger partial charge in [-0.3, -0.25) is 0 Å². The minimum Gasteiger partial charge on any atom is -0.464 e. The van der Waals surface area contributed by atoms with Gasteiger partial charge in [0.15, 0.2) is 0 Å². The molecule has 2 unspecified atom stereocenters. The minimum absolute atomic E-state index is 0.190.